The van der Waals surface area contributed by atoms with E-state index in [9.17, 15) is 0 Å². The summed E-state index contributed by atoms with van der Waals surface area (Å²) in [6.45, 7) is 11.9. The van der Waals surface area contributed by atoms with E-state index in [1.807, 2.05) is 0 Å². The molecule has 7 rings (SSSR count). The molecule has 0 saturated carbocycles. The Morgan fingerprint density at radius 2 is 1.41 bits per heavy atom. The van der Waals surface area contributed by atoms with E-state index in [-0.39, 0.29) is 51.0 Å². The van der Waals surface area contributed by atoms with Gasteiger partial charge in [0.1, 0.15) is 0 Å². The molecule has 1 unspecified atom stereocenters. The van der Waals surface area contributed by atoms with Gasteiger partial charge in [0.25, 0.3) is 0 Å². The van der Waals surface area contributed by atoms with Crippen molar-refractivity contribution in [2.24, 2.45) is 5.92 Å². The van der Waals surface area contributed by atoms with E-state index < -0.39 is 8.07 Å². The second-order valence-electron chi connectivity index (χ2n) is 9.93. The minimum atomic E-state index is -1.10. The smallest absolute Gasteiger partial charge is 1.00 e. The van der Waals surface area contributed by atoms with Crippen LogP contribution in [-0.4, -0.2) is 8.07 Å². The van der Waals surface area contributed by atoms with Crippen LogP contribution in [0.1, 0.15) is 36.1 Å². The van der Waals surface area contributed by atoms with Gasteiger partial charge in [0.05, 0.1) is 8.07 Å². The number of rotatable bonds is 2. The molecule has 4 aromatic carbocycles. The van der Waals surface area contributed by atoms with Gasteiger partial charge in [-0.25, -0.2) is 0 Å². The van der Waals surface area contributed by atoms with Crippen LogP contribution >= 0.6 is 0 Å². The fraction of sp³-hybridized carbons (Fsp3) is 0.233. The summed E-state index contributed by atoms with van der Waals surface area (Å²) in [4.78, 5) is 0. The molecule has 1 atom stereocenters. The number of benzene rings is 3. The molecule has 34 heavy (non-hydrogen) atoms. The van der Waals surface area contributed by atoms with E-state index in [2.05, 4.69) is 119 Å². The van der Waals surface area contributed by atoms with Crippen LogP contribution in [-0.2, 0) is 26.2 Å². The van der Waals surface area contributed by atoms with Crippen LogP contribution in [0.25, 0.3) is 27.1 Å². The van der Waals surface area contributed by atoms with E-state index in [4.69, 9.17) is 0 Å². The molecule has 3 aliphatic rings. The first-order valence-electron chi connectivity index (χ1n) is 11.4. The first-order chi connectivity index (χ1) is 14.9. The van der Waals surface area contributed by atoms with Crippen LogP contribution in [0.5, 0.6) is 0 Å². The molecule has 2 bridgehead atoms. The maximum atomic E-state index is 2.53. The Morgan fingerprint density at radius 3 is 2.06 bits per heavy atom. The van der Waals surface area contributed by atoms with Crippen LogP contribution in [0.3, 0.4) is 0 Å². The predicted molar refractivity (Wildman–Crippen MR) is 138 cm³/mol. The van der Waals surface area contributed by atoms with Gasteiger partial charge in [-0.1, -0.05) is 111 Å². The van der Waals surface area contributed by atoms with Crippen molar-refractivity contribution in [1.82, 2.24) is 0 Å². The third-order valence-corrected chi connectivity index (χ3v) is 11.0. The minimum absolute atomic E-state index is 0. The molecule has 0 N–H and O–H groups in total. The largest absolute Gasteiger partial charge is 3.00 e. The van der Waals surface area contributed by atoms with Gasteiger partial charge in [-0.15, -0.1) is 34.5 Å². The number of aryl methyl sites for hydroxylation is 1. The van der Waals surface area contributed by atoms with Crippen molar-refractivity contribution < 1.29 is 51.0 Å². The third kappa shape index (κ3) is 4.72. The van der Waals surface area contributed by atoms with Crippen molar-refractivity contribution in [3.63, 3.8) is 0 Å². The summed E-state index contributed by atoms with van der Waals surface area (Å²) in [5.41, 5.74) is 9.76. The SMILES string of the molecule is CC(C)C1=C2c3ccccc3C1[Si]2(C)C.Cc1cc2c(-c3ccccc3)cccc2[cH-]1.[Cl-].[Cl-].[Zr+3]. The van der Waals surface area contributed by atoms with E-state index in [0.29, 0.717) is 0 Å². The molecule has 173 valence electrons. The Morgan fingerprint density at radius 1 is 0.794 bits per heavy atom. The van der Waals surface area contributed by atoms with Crippen LogP contribution in [0, 0.1) is 12.8 Å². The molecule has 0 amide bonds. The average molecular weight is 582 g/mol. The zero-order valence-electron chi connectivity index (χ0n) is 20.5. The Kier molecular flexibility index (Phi) is 9.50. The van der Waals surface area contributed by atoms with E-state index in [1.165, 1.54) is 27.5 Å². The number of fused-ring (bicyclic) bond motifs is 1. The Bertz CT molecular complexity index is 1300. The summed E-state index contributed by atoms with van der Waals surface area (Å²) in [7, 11) is -1.10. The van der Waals surface area contributed by atoms with Gasteiger partial charge < -0.3 is 24.8 Å². The molecule has 2 aliphatic heterocycles. The van der Waals surface area contributed by atoms with Crippen LogP contribution in [0.4, 0.5) is 0 Å². The molecule has 0 aromatic heterocycles. The van der Waals surface area contributed by atoms with Crippen LogP contribution in [0.15, 0.2) is 90.5 Å². The van der Waals surface area contributed by atoms with Gasteiger partial charge in [-0.05, 0) is 22.6 Å². The van der Waals surface area contributed by atoms with Crippen molar-refractivity contribution in [3.05, 3.63) is 107 Å². The van der Waals surface area contributed by atoms with Crippen molar-refractivity contribution in [3.8, 4) is 11.1 Å². The standard InChI is InChI=1S/C16H13.C14H18Si.2ClH.Zr/c1-12-10-14-8-5-9-15(16(14)11-12)13-6-3-2-4-7-13;1-9(2)12-13-10-7-5-6-8-11(10)14(12)15(13,3)4;;;/h2-11H,1H3;5-9,13H,1-4H3;2*1H;/q-1;;;;+3/p-2. The summed E-state index contributed by atoms with van der Waals surface area (Å²) in [6, 6.07) is 30.6. The second-order valence-corrected chi connectivity index (χ2v) is 14.5. The van der Waals surface area contributed by atoms with E-state index >= 15 is 0 Å². The van der Waals surface area contributed by atoms with Crippen molar-refractivity contribution >= 4 is 24.0 Å². The van der Waals surface area contributed by atoms with Gasteiger partial charge in [-0.3, -0.25) is 0 Å². The molecule has 0 saturated heterocycles. The molecule has 1 radical (unpaired) electrons. The van der Waals surface area contributed by atoms with Crippen LogP contribution in [0.2, 0.25) is 13.1 Å². The zero-order valence-corrected chi connectivity index (χ0v) is 25.5. The zero-order chi connectivity index (χ0) is 21.8. The van der Waals surface area contributed by atoms with Gasteiger partial charge in [0, 0.05) is 5.54 Å². The summed E-state index contributed by atoms with van der Waals surface area (Å²) in [5.74, 6) is 0.734. The molecule has 0 spiro atoms. The molecule has 1 aliphatic carbocycles. The van der Waals surface area contributed by atoms with Crippen molar-refractivity contribution in [2.45, 2.75) is 39.4 Å². The third-order valence-electron chi connectivity index (χ3n) is 7.11. The maximum absolute atomic E-state index is 2.53. The summed E-state index contributed by atoms with van der Waals surface area (Å²) >= 11 is 0. The van der Waals surface area contributed by atoms with E-state index in [0.717, 1.165) is 11.5 Å². The molecular formula is C30H31Cl2SiZr. The number of hydrogen-bond acceptors (Lipinski definition) is 0. The van der Waals surface area contributed by atoms with Gasteiger partial charge in [0.15, 0.2) is 0 Å². The number of halogens is 2. The normalized spacial score (nSPS) is 16.4. The molecule has 4 aromatic rings. The Hall–Kier alpha value is -1.31. The topological polar surface area (TPSA) is 0 Å². The second kappa shape index (κ2) is 11.2. The van der Waals surface area contributed by atoms with Gasteiger partial charge in [0.2, 0.25) is 0 Å². The summed E-state index contributed by atoms with van der Waals surface area (Å²) in [6.07, 6.45) is 0. The maximum Gasteiger partial charge on any atom is 3.00 e. The minimum Gasteiger partial charge on any atom is -1.00 e. The summed E-state index contributed by atoms with van der Waals surface area (Å²) in [5, 5.41) is 4.46. The van der Waals surface area contributed by atoms with Crippen molar-refractivity contribution in [1.29, 1.82) is 0 Å². The van der Waals surface area contributed by atoms with Gasteiger partial charge in [-0.2, -0.15) is 6.07 Å². The molecule has 4 heteroatoms. The number of allylic oxidation sites excluding steroid dienone is 1. The average Bonchev–Trinajstić information content (AvgIpc) is 3.39. The van der Waals surface area contributed by atoms with Gasteiger partial charge >= 0.3 is 26.2 Å². The fourth-order valence-electron chi connectivity index (χ4n) is 5.88. The number of hydrogen-bond donors (Lipinski definition) is 0. The predicted octanol–water partition coefficient (Wildman–Crippen LogP) is 2.53. The van der Waals surface area contributed by atoms with Crippen LogP contribution < -0.4 is 24.8 Å². The Labute approximate surface area is 237 Å². The Balaban J connectivity index is 0.000000221. The quantitative estimate of drug-likeness (QED) is 0.252. The monoisotopic (exact) mass is 579 g/mol. The molecule has 0 nitrogen and oxygen atoms in total. The van der Waals surface area contributed by atoms with Crippen molar-refractivity contribution in [2.75, 3.05) is 0 Å². The first kappa shape index (κ1) is 28.9. The first-order valence-corrected chi connectivity index (χ1v) is 14.5. The molecular weight excluding hydrogens is 551 g/mol. The molecule has 2 heterocycles. The van der Waals surface area contributed by atoms with E-state index in [1.54, 1.807) is 21.9 Å². The fourth-order valence-corrected chi connectivity index (χ4v) is 10.3. The summed E-state index contributed by atoms with van der Waals surface area (Å²) < 4.78 is 0. The molecule has 0 fully saturated rings.